The molecule has 0 bridgehead atoms. The van der Waals surface area contributed by atoms with Crippen molar-refractivity contribution >= 4 is 9.84 Å². The number of halogens is 1. The Morgan fingerprint density at radius 1 is 1.10 bits per heavy atom. The van der Waals surface area contributed by atoms with Crippen molar-refractivity contribution in [3.8, 4) is 16.9 Å². The third-order valence-corrected chi connectivity index (χ3v) is 6.15. The molecule has 2 aromatic carbocycles. The fourth-order valence-electron chi connectivity index (χ4n) is 3.48. The Morgan fingerprint density at radius 3 is 2.28 bits per heavy atom. The molecule has 0 aliphatic rings. The minimum Gasteiger partial charge on any atom is -0.396 e. The minimum absolute atomic E-state index is 0.0746. The van der Waals surface area contributed by atoms with E-state index in [4.69, 9.17) is 10.8 Å². The van der Waals surface area contributed by atoms with Gasteiger partial charge in [-0.25, -0.2) is 12.8 Å². The van der Waals surface area contributed by atoms with Crippen LogP contribution in [0, 0.1) is 12.7 Å². The van der Waals surface area contributed by atoms with Gasteiger partial charge in [-0.15, -0.1) is 0 Å². The van der Waals surface area contributed by atoms with Crippen molar-refractivity contribution in [2.24, 2.45) is 5.73 Å². The van der Waals surface area contributed by atoms with E-state index in [2.05, 4.69) is 0 Å². The molecule has 0 aliphatic carbocycles. The Labute approximate surface area is 170 Å². The zero-order valence-electron chi connectivity index (χ0n) is 16.5. The van der Waals surface area contributed by atoms with Crippen LogP contribution < -0.4 is 5.73 Å². The molecule has 0 saturated carbocycles. The van der Waals surface area contributed by atoms with Crippen LogP contribution in [0.2, 0.25) is 0 Å². The van der Waals surface area contributed by atoms with E-state index >= 15 is 0 Å². The van der Waals surface area contributed by atoms with Gasteiger partial charge >= 0.3 is 0 Å². The van der Waals surface area contributed by atoms with Crippen molar-refractivity contribution in [1.82, 2.24) is 4.57 Å². The first kappa shape index (κ1) is 21.2. The summed E-state index contributed by atoms with van der Waals surface area (Å²) in [6.07, 6.45) is 2.41. The number of rotatable bonds is 7. The summed E-state index contributed by atoms with van der Waals surface area (Å²) in [5, 5.41) is 9.12. The number of sulfone groups is 1. The largest absolute Gasteiger partial charge is 0.396 e. The molecule has 0 spiro atoms. The smallest absolute Gasteiger partial charge is 0.175 e. The highest BCUT2D eigenvalue weighted by Gasteiger charge is 2.19. The van der Waals surface area contributed by atoms with Crippen LogP contribution in [0.4, 0.5) is 4.39 Å². The molecule has 0 fully saturated rings. The van der Waals surface area contributed by atoms with Crippen LogP contribution in [-0.2, 0) is 9.84 Å². The topological polar surface area (TPSA) is 85.3 Å². The van der Waals surface area contributed by atoms with Crippen molar-refractivity contribution in [3.63, 3.8) is 0 Å². The van der Waals surface area contributed by atoms with Crippen molar-refractivity contribution in [2.75, 3.05) is 12.9 Å². The molecule has 5 nitrogen and oxygen atoms in total. The van der Waals surface area contributed by atoms with E-state index in [1.807, 2.05) is 17.6 Å². The van der Waals surface area contributed by atoms with Crippen molar-refractivity contribution in [1.29, 1.82) is 0 Å². The first-order valence-corrected chi connectivity index (χ1v) is 11.3. The first-order valence-electron chi connectivity index (χ1n) is 9.37. The highest BCUT2D eigenvalue weighted by molar-refractivity contribution is 7.90. The van der Waals surface area contributed by atoms with Gasteiger partial charge in [-0.2, -0.15) is 0 Å². The van der Waals surface area contributed by atoms with E-state index in [0.29, 0.717) is 12.8 Å². The van der Waals surface area contributed by atoms with Crippen molar-refractivity contribution in [3.05, 3.63) is 71.7 Å². The van der Waals surface area contributed by atoms with E-state index in [1.54, 1.807) is 36.4 Å². The predicted octanol–water partition coefficient (Wildman–Crippen LogP) is 3.77. The lowest BCUT2D eigenvalue weighted by Crippen LogP contribution is -2.12. The summed E-state index contributed by atoms with van der Waals surface area (Å²) < 4.78 is 39.0. The number of hydrogen-bond donors (Lipinski definition) is 2. The normalized spacial score (nSPS) is 12.9. The summed E-state index contributed by atoms with van der Waals surface area (Å²) in [7, 11) is -3.29. The van der Waals surface area contributed by atoms with Crippen LogP contribution >= 0.6 is 0 Å². The second-order valence-electron chi connectivity index (χ2n) is 7.15. The number of aliphatic hydroxyl groups is 1. The number of aliphatic hydroxyl groups excluding tert-OH is 1. The molecule has 1 atom stereocenters. The second-order valence-corrected chi connectivity index (χ2v) is 9.17. The van der Waals surface area contributed by atoms with Crippen LogP contribution in [-0.4, -0.2) is 31.0 Å². The Kier molecular flexibility index (Phi) is 6.21. The number of nitrogens with zero attached hydrogens (tertiary/aromatic N) is 1. The molecule has 3 aromatic rings. The third-order valence-electron chi connectivity index (χ3n) is 5.02. The van der Waals surface area contributed by atoms with Crippen LogP contribution in [0.1, 0.15) is 30.1 Å². The molecular formula is C22H25FN2O3S. The number of benzene rings is 2. The summed E-state index contributed by atoms with van der Waals surface area (Å²) in [6.45, 7) is 2.02. The van der Waals surface area contributed by atoms with Gasteiger partial charge in [0.1, 0.15) is 5.82 Å². The van der Waals surface area contributed by atoms with Gasteiger partial charge in [0.15, 0.2) is 9.84 Å². The molecule has 29 heavy (non-hydrogen) atoms. The Morgan fingerprint density at radius 2 is 1.72 bits per heavy atom. The molecular weight excluding hydrogens is 391 g/mol. The van der Waals surface area contributed by atoms with Gasteiger partial charge in [0.25, 0.3) is 0 Å². The summed E-state index contributed by atoms with van der Waals surface area (Å²) in [6, 6.07) is 14.6. The maximum absolute atomic E-state index is 13.4. The molecule has 0 saturated heterocycles. The average molecular weight is 417 g/mol. The fraction of sp³-hybridized carbons (Fsp3) is 0.273. The Balaban J connectivity index is 2.15. The first-order chi connectivity index (χ1) is 13.7. The van der Waals surface area contributed by atoms with Gasteiger partial charge in [0.2, 0.25) is 0 Å². The summed E-state index contributed by atoms with van der Waals surface area (Å²) in [4.78, 5) is 0.248. The second kappa shape index (κ2) is 8.49. The quantitative estimate of drug-likeness (QED) is 0.614. The zero-order chi connectivity index (χ0) is 21.2. The fourth-order valence-corrected chi connectivity index (χ4v) is 4.11. The van der Waals surface area contributed by atoms with Crippen LogP contribution in [0.15, 0.2) is 59.5 Å². The van der Waals surface area contributed by atoms with Gasteiger partial charge in [0.05, 0.1) is 10.6 Å². The maximum atomic E-state index is 13.4. The van der Waals surface area contributed by atoms with Gasteiger partial charge in [-0.05, 0) is 73.4 Å². The van der Waals surface area contributed by atoms with Gasteiger partial charge in [-0.1, -0.05) is 12.1 Å². The SMILES string of the molecule is Cc1c([C@H](N)CCCO)cc(-c2ccc(S(C)(=O)=O)cc2)n1-c1ccc(F)cc1. The van der Waals surface area contributed by atoms with E-state index in [-0.39, 0.29) is 23.4 Å². The van der Waals surface area contributed by atoms with E-state index < -0.39 is 9.84 Å². The molecule has 3 N–H and O–H groups in total. The maximum Gasteiger partial charge on any atom is 0.175 e. The van der Waals surface area contributed by atoms with Crippen LogP contribution in [0.5, 0.6) is 0 Å². The lowest BCUT2D eigenvalue weighted by molar-refractivity contribution is 0.280. The molecule has 0 amide bonds. The molecule has 7 heteroatoms. The minimum atomic E-state index is -3.29. The van der Waals surface area contributed by atoms with Gasteiger partial charge < -0.3 is 15.4 Å². The highest BCUT2D eigenvalue weighted by Crippen LogP contribution is 2.33. The lowest BCUT2D eigenvalue weighted by Gasteiger charge is -2.14. The van der Waals surface area contributed by atoms with Crippen LogP contribution in [0.25, 0.3) is 16.9 Å². The standard InChI is InChI=1S/C22H25FN2O3S/c1-15-20(21(24)4-3-13-26)14-22(25(15)18-9-7-17(23)8-10-18)16-5-11-19(12-6-16)29(2,27)28/h5-12,14,21,26H,3-4,13,24H2,1-2H3/t21-/m1/s1. The summed E-state index contributed by atoms with van der Waals surface area (Å²) in [5.74, 6) is -0.322. The van der Waals surface area contributed by atoms with E-state index in [0.717, 1.165) is 28.2 Å². The Hall–Kier alpha value is -2.48. The predicted molar refractivity (Wildman–Crippen MR) is 112 cm³/mol. The average Bonchev–Trinajstić information content (AvgIpc) is 3.03. The summed E-state index contributed by atoms with van der Waals surface area (Å²) >= 11 is 0. The van der Waals surface area contributed by atoms with Gasteiger partial charge in [0, 0.05) is 30.3 Å². The molecule has 154 valence electrons. The zero-order valence-corrected chi connectivity index (χ0v) is 17.3. The Bertz CT molecular complexity index is 1090. The molecule has 0 aliphatic heterocycles. The molecule has 0 unspecified atom stereocenters. The third kappa shape index (κ3) is 4.58. The molecule has 1 heterocycles. The van der Waals surface area contributed by atoms with E-state index in [9.17, 15) is 12.8 Å². The van der Waals surface area contributed by atoms with E-state index in [1.165, 1.54) is 18.4 Å². The number of aromatic nitrogens is 1. The molecule has 0 radical (unpaired) electrons. The number of nitrogens with two attached hydrogens (primary N) is 1. The van der Waals surface area contributed by atoms with Crippen molar-refractivity contribution in [2.45, 2.75) is 30.7 Å². The highest BCUT2D eigenvalue weighted by atomic mass is 32.2. The van der Waals surface area contributed by atoms with Crippen molar-refractivity contribution < 1.29 is 17.9 Å². The summed E-state index contributed by atoms with van der Waals surface area (Å²) in [5.41, 5.74) is 10.7. The molecule has 3 rings (SSSR count). The molecule has 1 aromatic heterocycles. The van der Waals surface area contributed by atoms with Gasteiger partial charge in [-0.3, -0.25) is 0 Å². The lowest BCUT2D eigenvalue weighted by atomic mass is 10.0. The van der Waals surface area contributed by atoms with Crippen LogP contribution in [0.3, 0.4) is 0 Å². The monoisotopic (exact) mass is 416 g/mol. The number of hydrogen-bond acceptors (Lipinski definition) is 4.